The summed E-state index contributed by atoms with van der Waals surface area (Å²) in [5.74, 6) is 0.550. The second-order valence-electron chi connectivity index (χ2n) is 8.86. The van der Waals surface area contributed by atoms with Crippen LogP contribution in [0.5, 0.6) is 0 Å². The van der Waals surface area contributed by atoms with Crippen molar-refractivity contribution in [1.29, 1.82) is 0 Å². The van der Waals surface area contributed by atoms with E-state index in [1.54, 1.807) is 16.2 Å². The average Bonchev–Trinajstić information content (AvgIpc) is 3.49. The topological polar surface area (TPSA) is 97.6 Å². The number of thiazole rings is 1. The zero-order valence-electron chi connectivity index (χ0n) is 19.9. The van der Waals surface area contributed by atoms with Crippen molar-refractivity contribution >= 4 is 23.3 Å². The van der Waals surface area contributed by atoms with Crippen molar-refractivity contribution in [3.63, 3.8) is 0 Å². The van der Waals surface area contributed by atoms with Gasteiger partial charge in [0.05, 0.1) is 23.4 Å². The van der Waals surface area contributed by atoms with Crippen LogP contribution in [0, 0.1) is 12.8 Å². The SMILES string of the molecule is COC(=O)C(NC(=O)N1CCC(c2nc(-c3c(-c4ccccc4)noc3C)cs2)CC1)C(C)C. The van der Waals surface area contributed by atoms with Crippen molar-refractivity contribution in [2.45, 2.75) is 45.6 Å². The fraction of sp³-hybridized carbons (Fsp3) is 0.440. The maximum absolute atomic E-state index is 12.7. The van der Waals surface area contributed by atoms with Crippen LogP contribution >= 0.6 is 11.3 Å². The van der Waals surface area contributed by atoms with Gasteiger partial charge in [0.15, 0.2) is 0 Å². The molecule has 180 valence electrons. The van der Waals surface area contributed by atoms with Crippen LogP contribution in [0.25, 0.3) is 22.5 Å². The lowest BCUT2D eigenvalue weighted by molar-refractivity contribution is -0.144. The first kappa shape index (κ1) is 23.9. The van der Waals surface area contributed by atoms with Gasteiger partial charge in [0.25, 0.3) is 0 Å². The Morgan fingerprint density at radius 1 is 1.21 bits per heavy atom. The van der Waals surface area contributed by atoms with Crippen LogP contribution in [-0.4, -0.2) is 53.3 Å². The maximum Gasteiger partial charge on any atom is 0.328 e. The fourth-order valence-corrected chi connectivity index (χ4v) is 5.22. The second-order valence-corrected chi connectivity index (χ2v) is 9.74. The summed E-state index contributed by atoms with van der Waals surface area (Å²) in [6.45, 7) is 6.89. The van der Waals surface area contributed by atoms with Gasteiger partial charge in [-0.1, -0.05) is 49.3 Å². The van der Waals surface area contributed by atoms with Crippen LogP contribution in [0.15, 0.2) is 40.2 Å². The molecule has 0 spiro atoms. The smallest absolute Gasteiger partial charge is 0.328 e. The highest BCUT2D eigenvalue weighted by Crippen LogP contribution is 2.37. The molecule has 1 atom stereocenters. The van der Waals surface area contributed by atoms with Crippen molar-refractivity contribution in [3.8, 4) is 22.5 Å². The van der Waals surface area contributed by atoms with E-state index in [0.717, 1.165) is 46.1 Å². The lowest BCUT2D eigenvalue weighted by Crippen LogP contribution is -2.52. The number of benzene rings is 1. The van der Waals surface area contributed by atoms with E-state index < -0.39 is 12.0 Å². The molecular formula is C25H30N4O4S. The van der Waals surface area contributed by atoms with E-state index in [1.807, 2.05) is 51.1 Å². The number of urea groups is 1. The molecule has 2 amide bonds. The first-order chi connectivity index (χ1) is 16.4. The van der Waals surface area contributed by atoms with Gasteiger partial charge in [0.2, 0.25) is 0 Å². The molecule has 0 bridgehead atoms. The molecule has 1 aromatic carbocycles. The van der Waals surface area contributed by atoms with Crippen LogP contribution in [0.2, 0.25) is 0 Å². The fourth-order valence-electron chi connectivity index (χ4n) is 4.24. The number of aromatic nitrogens is 2. The molecule has 4 rings (SSSR count). The van der Waals surface area contributed by atoms with E-state index >= 15 is 0 Å². The molecule has 1 N–H and O–H groups in total. The number of methoxy groups -OCH3 is 1. The van der Waals surface area contributed by atoms with Crippen LogP contribution in [0.4, 0.5) is 4.79 Å². The molecule has 1 aliphatic rings. The number of carbonyl (C=O) groups excluding carboxylic acids is 2. The molecule has 1 fully saturated rings. The van der Waals surface area contributed by atoms with E-state index in [2.05, 4.69) is 15.9 Å². The molecule has 1 unspecified atom stereocenters. The summed E-state index contributed by atoms with van der Waals surface area (Å²) < 4.78 is 10.3. The zero-order chi connectivity index (χ0) is 24.2. The van der Waals surface area contributed by atoms with Crippen molar-refractivity contribution in [1.82, 2.24) is 20.4 Å². The molecule has 1 saturated heterocycles. The number of likely N-dealkylation sites (tertiary alicyclic amines) is 1. The van der Waals surface area contributed by atoms with Gasteiger partial charge in [-0.15, -0.1) is 11.3 Å². The second kappa shape index (κ2) is 10.4. The lowest BCUT2D eigenvalue weighted by atomic mass is 9.97. The predicted octanol–water partition coefficient (Wildman–Crippen LogP) is 4.86. The Labute approximate surface area is 203 Å². The number of nitrogens with one attached hydrogen (secondary N) is 1. The Kier molecular flexibility index (Phi) is 7.31. The number of ether oxygens (including phenoxy) is 1. The van der Waals surface area contributed by atoms with Crippen molar-refractivity contribution < 1.29 is 18.8 Å². The molecule has 8 nitrogen and oxygen atoms in total. The summed E-state index contributed by atoms with van der Waals surface area (Å²) in [7, 11) is 1.33. The van der Waals surface area contributed by atoms with Gasteiger partial charge in [-0.3, -0.25) is 0 Å². The standard InChI is InChI=1S/C25H30N4O4S/c1-15(2)21(24(30)32-4)27-25(31)29-12-10-18(11-13-29)23-26-19(14-34-23)20-16(3)33-28-22(20)17-8-6-5-7-9-17/h5-9,14-15,18,21H,10-13H2,1-4H3,(H,27,31). The van der Waals surface area contributed by atoms with E-state index in [9.17, 15) is 9.59 Å². The molecule has 0 radical (unpaired) electrons. The number of hydrogen-bond donors (Lipinski definition) is 1. The summed E-state index contributed by atoms with van der Waals surface area (Å²) in [6.07, 6.45) is 1.64. The summed E-state index contributed by atoms with van der Waals surface area (Å²) in [5.41, 5.74) is 3.59. The minimum absolute atomic E-state index is 0.0516. The first-order valence-electron chi connectivity index (χ1n) is 11.5. The number of nitrogens with zero attached hydrogens (tertiary/aromatic N) is 3. The van der Waals surface area contributed by atoms with Gasteiger partial charge >= 0.3 is 12.0 Å². The van der Waals surface area contributed by atoms with Crippen molar-refractivity contribution in [2.24, 2.45) is 5.92 Å². The van der Waals surface area contributed by atoms with E-state index in [1.165, 1.54) is 7.11 Å². The Morgan fingerprint density at radius 2 is 1.91 bits per heavy atom. The molecule has 3 aromatic rings. The van der Waals surface area contributed by atoms with E-state index in [4.69, 9.17) is 14.2 Å². The van der Waals surface area contributed by atoms with Gasteiger partial charge in [-0.2, -0.15) is 0 Å². The van der Waals surface area contributed by atoms with Crippen LogP contribution in [0.3, 0.4) is 0 Å². The number of piperidine rings is 1. The highest BCUT2D eigenvalue weighted by molar-refractivity contribution is 7.10. The summed E-state index contributed by atoms with van der Waals surface area (Å²) in [5, 5.41) is 10.2. The van der Waals surface area contributed by atoms with Crippen LogP contribution in [0.1, 0.15) is 43.4 Å². The monoisotopic (exact) mass is 482 g/mol. The molecule has 0 saturated carbocycles. The minimum atomic E-state index is -0.651. The Bertz CT molecular complexity index is 1130. The van der Waals surface area contributed by atoms with Crippen LogP contribution < -0.4 is 5.32 Å². The third-order valence-corrected chi connectivity index (χ3v) is 7.23. The minimum Gasteiger partial charge on any atom is -0.467 e. The van der Waals surface area contributed by atoms with E-state index in [0.29, 0.717) is 13.1 Å². The highest BCUT2D eigenvalue weighted by atomic mass is 32.1. The van der Waals surface area contributed by atoms with Gasteiger partial charge in [-0.05, 0) is 25.7 Å². The zero-order valence-corrected chi connectivity index (χ0v) is 20.7. The lowest BCUT2D eigenvalue weighted by Gasteiger charge is -2.32. The largest absolute Gasteiger partial charge is 0.467 e. The Hall–Kier alpha value is -3.20. The molecule has 0 aliphatic carbocycles. The number of rotatable bonds is 6. The molecular weight excluding hydrogens is 452 g/mol. The van der Waals surface area contributed by atoms with Crippen LogP contribution in [-0.2, 0) is 9.53 Å². The highest BCUT2D eigenvalue weighted by Gasteiger charge is 2.30. The third kappa shape index (κ3) is 4.99. The molecule has 3 heterocycles. The Balaban J connectivity index is 1.42. The molecule has 34 heavy (non-hydrogen) atoms. The van der Waals surface area contributed by atoms with E-state index in [-0.39, 0.29) is 17.9 Å². The Morgan fingerprint density at radius 3 is 2.56 bits per heavy atom. The third-order valence-electron chi connectivity index (χ3n) is 6.22. The van der Waals surface area contributed by atoms with Gasteiger partial charge in [-0.25, -0.2) is 14.6 Å². The normalized spacial score (nSPS) is 15.4. The molecule has 1 aliphatic heterocycles. The molecule has 9 heteroatoms. The first-order valence-corrected chi connectivity index (χ1v) is 12.4. The predicted molar refractivity (Wildman–Crippen MR) is 131 cm³/mol. The van der Waals surface area contributed by atoms with Crippen molar-refractivity contribution in [3.05, 3.63) is 46.5 Å². The number of amides is 2. The quantitative estimate of drug-likeness (QED) is 0.504. The van der Waals surface area contributed by atoms with Gasteiger partial charge < -0.3 is 19.5 Å². The van der Waals surface area contributed by atoms with Crippen molar-refractivity contribution in [2.75, 3.05) is 20.2 Å². The summed E-state index contributed by atoms with van der Waals surface area (Å²) in [4.78, 5) is 31.4. The number of hydrogen-bond acceptors (Lipinski definition) is 7. The average molecular weight is 483 g/mol. The summed E-state index contributed by atoms with van der Waals surface area (Å²) in [6, 6.07) is 9.08. The maximum atomic E-state index is 12.7. The van der Waals surface area contributed by atoms with Gasteiger partial charge in [0, 0.05) is 30.0 Å². The number of aryl methyl sites for hydroxylation is 1. The number of esters is 1. The molecule has 2 aromatic heterocycles. The number of carbonyl (C=O) groups is 2. The van der Waals surface area contributed by atoms with Gasteiger partial charge in [0.1, 0.15) is 17.5 Å². The summed E-state index contributed by atoms with van der Waals surface area (Å²) >= 11 is 1.64.